The zero-order valence-corrected chi connectivity index (χ0v) is 14.9. The molecule has 0 spiro atoms. The number of hydrogen-bond acceptors (Lipinski definition) is 6. The molecule has 1 amide bonds. The predicted octanol–water partition coefficient (Wildman–Crippen LogP) is 2.39. The molecule has 0 bridgehead atoms. The summed E-state index contributed by atoms with van der Waals surface area (Å²) in [5.74, 6) is -0.700. The van der Waals surface area contributed by atoms with Gasteiger partial charge in [0.2, 0.25) is 0 Å². The quantitative estimate of drug-likeness (QED) is 0.567. The van der Waals surface area contributed by atoms with Crippen molar-refractivity contribution in [2.45, 2.75) is 32.0 Å². The average molecular weight is 369 g/mol. The monoisotopic (exact) mass is 369 g/mol. The first-order chi connectivity index (χ1) is 12.7. The van der Waals surface area contributed by atoms with Gasteiger partial charge in [0, 0.05) is 11.6 Å². The number of nitrogens with two attached hydrogens (primary N) is 1. The fraction of sp³-hybridized carbons (Fsp3) is 0.263. The van der Waals surface area contributed by atoms with Crippen LogP contribution in [0.3, 0.4) is 0 Å². The number of nitriles is 1. The number of carbonyl (C=O) groups is 1. The van der Waals surface area contributed by atoms with Crippen LogP contribution in [0.2, 0.25) is 0 Å². The summed E-state index contributed by atoms with van der Waals surface area (Å²) in [6.45, 7) is 2.98. The molecule has 27 heavy (non-hydrogen) atoms. The van der Waals surface area contributed by atoms with Crippen molar-refractivity contribution in [2.75, 3.05) is 0 Å². The molecule has 2 unspecified atom stereocenters. The van der Waals surface area contributed by atoms with Crippen molar-refractivity contribution in [3.63, 3.8) is 0 Å². The van der Waals surface area contributed by atoms with Crippen molar-refractivity contribution in [3.8, 4) is 11.8 Å². The van der Waals surface area contributed by atoms with Crippen molar-refractivity contribution in [3.05, 3.63) is 69.3 Å². The van der Waals surface area contributed by atoms with Crippen molar-refractivity contribution in [2.24, 2.45) is 5.73 Å². The Balaban J connectivity index is 2.51. The van der Waals surface area contributed by atoms with E-state index in [0.29, 0.717) is 28.9 Å². The highest BCUT2D eigenvalue weighted by molar-refractivity contribution is 5.83. The zero-order valence-electron chi connectivity index (χ0n) is 14.9. The Hall–Kier alpha value is -3.44. The molecule has 0 heterocycles. The maximum Gasteiger partial charge on any atom is 0.272 e. The van der Waals surface area contributed by atoms with Gasteiger partial charge in [0.15, 0.2) is 11.7 Å². The number of nitrogens with zero attached hydrogens (tertiary/aromatic N) is 2. The van der Waals surface area contributed by atoms with Gasteiger partial charge in [0.05, 0.1) is 16.6 Å². The third kappa shape index (κ3) is 4.22. The second kappa shape index (κ2) is 7.85. The molecule has 0 aliphatic rings. The number of nitro groups is 1. The fourth-order valence-electron chi connectivity index (χ4n) is 2.61. The molecule has 0 saturated heterocycles. The molecule has 2 rings (SSSR count). The standard InChI is InChI=1S/C19H19N3O5/c1-3-13-10-14(6-9-16(13)22(25)26)17(19(2,24)18(21)23)27-15-7-4-12(11-20)5-8-15/h4-10,17,24H,3H2,1-2H3,(H2,21,23). The summed E-state index contributed by atoms with van der Waals surface area (Å²) in [7, 11) is 0. The second-order valence-corrected chi connectivity index (χ2v) is 6.14. The fourth-order valence-corrected chi connectivity index (χ4v) is 2.61. The normalized spacial score (nSPS) is 13.9. The highest BCUT2D eigenvalue weighted by Gasteiger charge is 2.41. The highest BCUT2D eigenvalue weighted by atomic mass is 16.6. The lowest BCUT2D eigenvalue weighted by atomic mass is 9.90. The number of hydrogen-bond donors (Lipinski definition) is 2. The summed E-state index contributed by atoms with van der Waals surface area (Å²) in [4.78, 5) is 22.4. The third-order valence-corrected chi connectivity index (χ3v) is 4.23. The molecule has 2 atom stereocenters. The molecule has 140 valence electrons. The summed E-state index contributed by atoms with van der Waals surface area (Å²) in [6, 6.07) is 12.3. The van der Waals surface area contributed by atoms with E-state index in [1.54, 1.807) is 6.92 Å². The number of benzene rings is 2. The number of carbonyl (C=O) groups excluding carboxylic acids is 1. The number of ether oxygens (including phenoxy) is 1. The minimum atomic E-state index is -2.07. The van der Waals surface area contributed by atoms with E-state index in [2.05, 4.69) is 0 Å². The lowest BCUT2D eigenvalue weighted by Gasteiger charge is -2.31. The van der Waals surface area contributed by atoms with Gasteiger partial charge in [-0.25, -0.2) is 0 Å². The zero-order chi connectivity index (χ0) is 20.2. The second-order valence-electron chi connectivity index (χ2n) is 6.14. The van der Waals surface area contributed by atoms with E-state index in [-0.39, 0.29) is 5.69 Å². The first kappa shape index (κ1) is 19.9. The molecule has 2 aromatic carbocycles. The van der Waals surface area contributed by atoms with Crippen molar-refractivity contribution < 1.29 is 19.6 Å². The molecule has 0 aliphatic heterocycles. The van der Waals surface area contributed by atoms with Gasteiger partial charge in [0.25, 0.3) is 11.6 Å². The van der Waals surface area contributed by atoms with Crippen LogP contribution in [0, 0.1) is 21.4 Å². The SMILES string of the molecule is CCc1cc(C(Oc2ccc(C#N)cc2)C(C)(O)C(N)=O)ccc1[N+](=O)[O-]. The van der Waals surface area contributed by atoms with Crippen LogP contribution in [0.1, 0.15) is 36.6 Å². The number of rotatable bonds is 7. The highest BCUT2D eigenvalue weighted by Crippen LogP contribution is 2.34. The summed E-state index contributed by atoms with van der Waals surface area (Å²) < 4.78 is 5.80. The number of primary amides is 1. The molecular formula is C19H19N3O5. The van der Waals surface area contributed by atoms with Crippen LogP contribution in [0.15, 0.2) is 42.5 Å². The van der Waals surface area contributed by atoms with Crippen LogP contribution < -0.4 is 10.5 Å². The van der Waals surface area contributed by atoms with Gasteiger partial charge < -0.3 is 15.6 Å². The van der Waals surface area contributed by atoms with E-state index in [9.17, 15) is 20.0 Å². The molecule has 8 nitrogen and oxygen atoms in total. The van der Waals surface area contributed by atoms with Crippen LogP contribution in [0.25, 0.3) is 0 Å². The Morgan fingerprint density at radius 1 is 1.37 bits per heavy atom. The Morgan fingerprint density at radius 2 is 2.00 bits per heavy atom. The Labute approximate surface area is 155 Å². The van der Waals surface area contributed by atoms with Gasteiger partial charge in [-0.2, -0.15) is 5.26 Å². The summed E-state index contributed by atoms with van der Waals surface area (Å²) in [6.07, 6.45) is -0.819. The van der Waals surface area contributed by atoms with E-state index >= 15 is 0 Å². The van der Waals surface area contributed by atoms with E-state index in [1.807, 2.05) is 6.07 Å². The van der Waals surface area contributed by atoms with Crippen molar-refractivity contribution in [1.29, 1.82) is 5.26 Å². The molecule has 0 aliphatic carbocycles. The molecule has 8 heteroatoms. The topological polar surface area (TPSA) is 139 Å². The Kier molecular flexibility index (Phi) is 5.78. The minimum absolute atomic E-state index is 0.0582. The number of nitro benzene ring substituents is 1. The Bertz CT molecular complexity index is 901. The van der Waals surface area contributed by atoms with Crippen LogP contribution in [0.5, 0.6) is 5.75 Å². The summed E-state index contributed by atoms with van der Waals surface area (Å²) in [5, 5.41) is 30.6. The van der Waals surface area contributed by atoms with Crippen molar-refractivity contribution >= 4 is 11.6 Å². The lowest BCUT2D eigenvalue weighted by Crippen LogP contribution is -2.48. The Morgan fingerprint density at radius 3 is 2.48 bits per heavy atom. The van der Waals surface area contributed by atoms with Crippen molar-refractivity contribution in [1.82, 2.24) is 0 Å². The van der Waals surface area contributed by atoms with E-state index in [0.717, 1.165) is 0 Å². The molecule has 2 aromatic rings. The van der Waals surface area contributed by atoms with E-state index in [4.69, 9.17) is 15.7 Å². The first-order valence-corrected chi connectivity index (χ1v) is 8.17. The maximum absolute atomic E-state index is 11.8. The molecule has 0 aromatic heterocycles. The minimum Gasteiger partial charge on any atom is -0.482 e. The van der Waals surface area contributed by atoms with Gasteiger partial charge >= 0.3 is 0 Å². The van der Waals surface area contributed by atoms with Gasteiger partial charge in [-0.1, -0.05) is 6.92 Å². The van der Waals surface area contributed by atoms with Crippen LogP contribution in [-0.4, -0.2) is 21.5 Å². The largest absolute Gasteiger partial charge is 0.482 e. The molecule has 0 fully saturated rings. The molecule has 0 saturated carbocycles. The first-order valence-electron chi connectivity index (χ1n) is 8.17. The number of aliphatic hydroxyl groups is 1. The molecule has 3 N–H and O–H groups in total. The van der Waals surface area contributed by atoms with Gasteiger partial charge in [-0.05, 0) is 55.3 Å². The van der Waals surface area contributed by atoms with E-state index in [1.165, 1.54) is 49.4 Å². The lowest BCUT2D eigenvalue weighted by molar-refractivity contribution is -0.385. The smallest absolute Gasteiger partial charge is 0.272 e. The summed E-state index contributed by atoms with van der Waals surface area (Å²) >= 11 is 0. The molecule has 0 radical (unpaired) electrons. The van der Waals surface area contributed by atoms with Crippen LogP contribution >= 0.6 is 0 Å². The predicted molar refractivity (Wildman–Crippen MR) is 96.8 cm³/mol. The van der Waals surface area contributed by atoms with Gasteiger partial charge in [-0.15, -0.1) is 0 Å². The average Bonchev–Trinajstić information content (AvgIpc) is 2.65. The van der Waals surface area contributed by atoms with Crippen LogP contribution in [0.4, 0.5) is 5.69 Å². The van der Waals surface area contributed by atoms with E-state index < -0.39 is 22.5 Å². The maximum atomic E-state index is 11.8. The molecular weight excluding hydrogens is 350 g/mol. The summed E-state index contributed by atoms with van der Waals surface area (Å²) in [5.41, 5.74) is 4.43. The number of aryl methyl sites for hydroxylation is 1. The van der Waals surface area contributed by atoms with Gasteiger partial charge in [-0.3, -0.25) is 14.9 Å². The van der Waals surface area contributed by atoms with Gasteiger partial charge in [0.1, 0.15) is 5.75 Å². The van der Waals surface area contributed by atoms with Crippen LogP contribution in [-0.2, 0) is 11.2 Å². The third-order valence-electron chi connectivity index (χ3n) is 4.23. The number of amides is 1.